The van der Waals surface area contributed by atoms with Gasteiger partial charge in [-0.05, 0) is 25.7 Å². The molecule has 1 aliphatic rings. The van der Waals surface area contributed by atoms with E-state index in [1.54, 1.807) is 0 Å². The third kappa shape index (κ3) is 2.30. The molecule has 1 heteroatoms. The van der Waals surface area contributed by atoms with Gasteiger partial charge in [0.15, 0.2) is 0 Å². The third-order valence-corrected chi connectivity index (χ3v) is 2.29. The first-order chi connectivity index (χ1) is 4.83. The molecular weight excluding hydrogens is 124 g/mol. The Labute approximate surface area is 63.8 Å². The molecule has 1 aliphatic carbocycles. The zero-order valence-electron chi connectivity index (χ0n) is 7.10. The molecule has 0 aromatic heterocycles. The van der Waals surface area contributed by atoms with Gasteiger partial charge >= 0.3 is 0 Å². The zero-order valence-corrected chi connectivity index (χ0v) is 7.10. The molecule has 0 bridgehead atoms. The number of hydrogen-bond donors (Lipinski definition) is 0. The highest BCUT2D eigenvalue weighted by Crippen LogP contribution is 2.25. The lowest BCUT2D eigenvalue weighted by molar-refractivity contribution is 0.0232. The maximum atomic E-state index is 5.55. The van der Waals surface area contributed by atoms with E-state index in [-0.39, 0.29) is 0 Å². The molecule has 0 unspecified atom stereocenters. The summed E-state index contributed by atoms with van der Waals surface area (Å²) in [4.78, 5) is 0. The molecule has 0 aliphatic heterocycles. The van der Waals surface area contributed by atoms with Crippen molar-refractivity contribution in [1.82, 2.24) is 0 Å². The maximum Gasteiger partial charge on any atom is 0.0577 e. The second kappa shape index (κ2) is 3.97. The van der Waals surface area contributed by atoms with Crippen LogP contribution in [-0.4, -0.2) is 12.7 Å². The normalized spacial score (nSPS) is 34.2. The lowest BCUT2D eigenvalue weighted by Gasteiger charge is -2.26. The summed E-state index contributed by atoms with van der Waals surface area (Å²) in [6.45, 7) is 5.29. The van der Waals surface area contributed by atoms with Crippen LogP contribution in [0.4, 0.5) is 0 Å². The van der Waals surface area contributed by atoms with Gasteiger partial charge in [-0.1, -0.05) is 19.8 Å². The van der Waals surface area contributed by atoms with Crippen molar-refractivity contribution in [1.29, 1.82) is 0 Å². The van der Waals surface area contributed by atoms with Gasteiger partial charge in [-0.2, -0.15) is 0 Å². The largest absolute Gasteiger partial charge is 0.378 e. The van der Waals surface area contributed by atoms with Gasteiger partial charge in [0.25, 0.3) is 0 Å². The zero-order chi connectivity index (χ0) is 7.40. The monoisotopic (exact) mass is 142 g/mol. The molecule has 0 spiro atoms. The van der Waals surface area contributed by atoms with E-state index in [4.69, 9.17) is 4.74 Å². The van der Waals surface area contributed by atoms with E-state index >= 15 is 0 Å². The molecule has 0 aromatic carbocycles. The quantitative estimate of drug-likeness (QED) is 0.576. The summed E-state index contributed by atoms with van der Waals surface area (Å²) in [5.41, 5.74) is 0. The molecule has 10 heavy (non-hydrogen) atoms. The summed E-state index contributed by atoms with van der Waals surface area (Å²) < 4.78 is 5.55. The third-order valence-electron chi connectivity index (χ3n) is 2.29. The fourth-order valence-corrected chi connectivity index (χ4v) is 1.77. The molecule has 0 saturated heterocycles. The molecular formula is C9H18O. The van der Waals surface area contributed by atoms with Crippen LogP contribution in [0.3, 0.4) is 0 Å². The Morgan fingerprint density at radius 3 is 2.80 bits per heavy atom. The van der Waals surface area contributed by atoms with Crippen LogP contribution >= 0.6 is 0 Å². The molecule has 0 N–H and O–H groups in total. The Hall–Kier alpha value is -0.0400. The average Bonchev–Trinajstić information content (AvgIpc) is 1.88. The molecule has 0 radical (unpaired) electrons. The van der Waals surface area contributed by atoms with Crippen LogP contribution in [0.5, 0.6) is 0 Å². The molecule has 0 heterocycles. The topological polar surface area (TPSA) is 9.23 Å². The number of rotatable bonds is 2. The van der Waals surface area contributed by atoms with Gasteiger partial charge in [-0.25, -0.2) is 0 Å². The van der Waals surface area contributed by atoms with Crippen molar-refractivity contribution < 1.29 is 4.74 Å². The van der Waals surface area contributed by atoms with Gasteiger partial charge in [-0.3, -0.25) is 0 Å². The van der Waals surface area contributed by atoms with Crippen LogP contribution < -0.4 is 0 Å². The standard InChI is InChI=1S/C9H18O/c1-3-10-9-6-4-5-8(2)7-9/h8-9H,3-7H2,1-2H3/t8-,9+/m1/s1. The van der Waals surface area contributed by atoms with E-state index in [0.717, 1.165) is 12.5 Å². The Kier molecular flexibility index (Phi) is 3.20. The highest BCUT2D eigenvalue weighted by molar-refractivity contribution is 4.69. The highest BCUT2D eigenvalue weighted by atomic mass is 16.5. The van der Waals surface area contributed by atoms with E-state index in [1.165, 1.54) is 25.7 Å². The minimum Gasteiger partial charge on any atom is -0.378 e. The maximum absolute atomic E-state index is 5.55. The van der Waals surface area contributed by atoms with E-state index in [1.807, 2.05) is 0 Å². The molecule has 60 valence electrons. The molecule has 1 fully saturated rings. The van der Waals surface area contributed by atoms with Gasteiger partial charge in [-0.15, -0.1) is 0 Å². The van der Waals surface area contributed by atoms with Gasteiger partial charge in [0.2, 0.25) is 0 Å². The predicted molar refractivity (Wildman–Crippen MR) is 43.0 cm³/mol. The molecule has 1 rings (SSSR count). The number of ether oxygens (including phenoxy) is 1. The molecule has 1 saturated carbocycles. The molecule has 2 atom stereocenters. The molecule has 0 aromatic rings. The van der Waals surface area contributed by atoms with Crippen molar-refractivity contribution in [2.45, 2.75) is 45.6 Å². The predicted octanol–water partition coefficient (Wildman–Crippen LogP) is 2.60. The Bertz CT molecular complexity index is 88.7. The first-order valence-corrected chi connectivity index (χ1v) is 4.44. The van der Waals surface area contributed by atoms with Gasteiger partial charge < -0.3 is 4.74 Å². The van der Waals surface area contributed by atoms with Crippen molar-refractivity contribution in [3.05, 3.63) is 0 Å². The van der Waals surface area contributed by atoms with Gasteiger partial charge in [0.1, 0.15) is 0 Å². The van der Waals surface area contributed by atoms with E-state index < -0.39 is 0 Å². The van der Waals surface area contributed by atoms with Crippen LogP contribution in [0.1, 0.15) is 39.5 Å². The molecule has 1 nitrogen and oxygen atoms in total. The lowest BCUT2D eigenvalue weighted by Crippen LogP contribution is -2.21. The summed E-state index contributed by atoms with van der Waals surface area (Å²) in [6.07, 6.45) is 5.93. The summed E-state index contributed by atoms with van der Waals surface area (Å²) in [5, 5.41) is 0. The summed E-state index contributed by atoms with van der Waals surface area (Å²) in [7, 11) is 0. The number of hydrogen-bond acceptors (Lipinski definition) is 1. The van der Waals surface area contributed by atoms with Crippen LogP contribution in [0, 0.1) is 5.92 Å². The second-order valence-corrected chi connectivity index (χ2v) is 3.35. The first-order valence-electron chi connectivity index (χ1n) is 4.44. The van der Waals surface area contributed by atoms with E-state index in [0.29, 0.717) is 6.10 Å². The Morgan fingerprint density at radius 1 is 1.40 bits per heavy atom. The fraction of sp³-hybridized carbons (Fsp3) is 1.00. The van der Waals surface area contributed by atoms with E-state index in [9.17, 15) is 0 Å². The minimum atomic E-state index is 0.578. The van der Waals surface area contributed by atoms with Crippen LogP contribution in [0.15, 0.2) is 0 Å². The van der Waals surface area contributed by atoms with E-state index in [2.05, 4.69) is 13.8 Å². The fourth-order valence-electron chi connectivity index (χ4n) is 1.77. The smallest absolute Gasteiger partial charge is 0.0577 e. The Balaban J connectivity index is 2.18. The molecule has 0 amide bonds. The first kappa shape index (κ1) is 8.06. The van der Waals surface area contributed by atoms with Crippen molar-refractivity contribution in [2.24, 2.45) is 5.92 Å². The van der Waals surface area contributed by atoms with Crippen LogP contribution in [0.25, 0.3) is 0 Å². The van der Waals surface area contributed by atoms with Crippen molar-refractivity contribution >= 4 is 0 Å². The van der Waals surface area contributed by atoms with Crippen molar-refractivity contribution in [3.63, 3.8) is 0 Å². The summed E-state index contributed by atoms with van der Waals surface area (Å²) in [6, 6.07) is 0. The van der Waals surface area contributed by atoms with Crippen LogP contribution in [0.2, 0.25) is 0 Å². The van der Waals surface area contributed by atoms with Gasteiger partial charge in [0.05, 0.1) is 6.10 Å². The van der Waals surface area contributed by atoms with Crippen LogP contribution in [-0.2, 0) is 4.74 Å². The van der Waals surface area contributed by atoms with Crippen molar-refractivity contribution in [3.8, 4) is 0 Å². The highest BCUT2D eigenvalue weighted by Gasteiger charge is 2.18. The van der Waals surface area contributed by atoms with Gasteiger partial charge in [0, 0.05) is 6.61 Å². The average molecular weight is 142 g/mol. The second-order valence-electron chi connectivity index (χ2n) is 3.35. The summed E-state index contributed by atoms with van der Waals surface area (Å²) >= 11 is 0. The Morgan fingerprint density at radius 2 is 2.20 bits per heavy atom. The SMILES string of the molecule is CCO[C@H]1CCC[C@@H](C)C1. The summed E-state index contributed by atoms with van der Waals surface area (Å²) in [5.74, 6) is 0.894. The minimum absolute atomic E-state index is 0.578. The lowest BCUT2D eigenvalue weighted by atomic mass is 9.89. The van der Waals surface area contributed by atoms with Crippen molar-refractivity contribution in [2.75, 3.05) is 6.61 Å².